The molecule has 0 spiro atoms. The summed E-state index contributed by atoms with van der Waals surface area (Å²) in [6, 6.07) is 11.8. The molecule has 0 bridgehead atoms. The van der Waals surface area contributed by atoms with Crippen LogP contribution in [0.2, 0.25) is 10.0 Å². The normalized spacial score (nSPS) is 10.2. The number of benzene rings is 2. The van der Waals surface area contributed by atoms with Crippen LogP contribution in [0, 0.1) is 0 Å². The van der Waals surface area contributed by atoms with E-state index in [1.807, 2.05) is 25.1 Å². The van der Waals surface area contributed by atoms with Crippen molar-refractivity contribution in [1.82, 2.24) is 5.32 Å². The molecule has 0 aliphatic rings. The third-order valence-electron chi connectivity index (χ3n) is 3.23. The van der Waals surface area contributed by atoms with Crippen molar-refractivity contribution in [2.24, 2.45) is 0 Å². The lowest BCUT2D eigenvalue weighted by molar-refractivity contribution is -0.143. The molecule has 132 valence electrons. The van der Waals surface area contributed by atoms with E-state index in [-0.39, 0.29) is 23.7 Å². The van der Waals surface area contributed by atoms with Crippen molar-refractivity contribution in [3.05, 3.63) is 63.6 Å². The number of carbonyl (C=O) groups is 2. The standard InChI is InChI=1S/C18H17Cl2NO4/c1-2-24-16-6-4-3-5-12(16)11-25-17(22)10-21-18(23)14-8-7-13(19)9-15(14)20/h3-9H,2,10-11H2,1H3,(H,21,23). The maximum Gasteiger partial charge on any atom is 0.325 e. The fourth-order valence-corrected chi connectivity index (χ4v) is 2.54. The molecule has 1 N–H and O–H groups in total. The predicted molar refractivity (Wildman–Crippen MR) is 96.2 cm³/mol. The third-order valence-corrected chi connectivity index (χ3v) is 3.78. The largest absolute Gasteiger partial charge is 0.493 e. The van der Waals surface area contributed by atoms with Crippen LogP contribution < -0.4 is 10.1 Å². The Morgan fingerprint density at radius 2 is 1.88 bits per heavy atom. The van der Waals surface area contributed by atoms with Gasteiger partial charge in [0.1, 0.15) is 18.9 Å². The zero-order valence-electron chi connectivity index (χ0n) is 13.6. The second kappa shape index (κ2) is 9.30. The van der Waals surface area contributed by atoms with Crippen LogP contribution in [0.5, 0.6) is 5.75 Å². The third kappa shape index (κ3) is 5.66. The first-order valence-corrected chi connectivity index (χ1v) is 8.36. The molecule has 2 rings (SSSR count). The molecule has 0 aliphatic heterocycles. The topological polar surface area (TPSA) is 64.6 Å². The van der Waals surface area contributed by atoms with Crippen molar-refractivity contribution in [3.63, 3.8) is 0 Å². The van der Waals surface area contributed by atoms with E-state index >= 15 is 0 Å². The van der Waals surface area contributed by atoms with Crippen molar-refractivity contribution < 1.29 is 19.1 Å². The molecule has 7 heteroatoms. The number of para-hydroxylation sites is 1. The second-order valence-electron chi connectivity index (χ2n) is 5.01. The van der Waals surface area contributed by atoms with E-state index in [0.717, 1.165) is 5.56 Å². The van der Waals surface area contributed by atoms with Gasteiger partial charge in [0.05, 0.1) is 17.2 Å². The van der Waals surface area contributed by atoms with Crippen LogP contribution in [0.3, 0.4) is 0 Å². The minimum Gasteiger partial charge on any atom is -0.493 e. The van der Waals surface area contributed by atoms with Gasteiger partial charge in [0.2, 0.25) is 0 Å². The number of hydrogen-bond donors (Lipinski definition) is 1. The minimum atomic E-state index is -0.565. The van der Waals surface area contributed by atoms with Crippen LogP contribution in [0.25, 0.3) is 0 Å². The van der Waals surface area contributed by atoms with Crippen LogP contribution in [0.4, 0.5) is 0 Å². The van der Waals surface area contributed by atoms with Crippen LogP contribution in [0.1, 0.15) is 22.8 Å². The number of rotatable bonds is 7. The first-order valence-electron chi connectivity index (χ1n) is 7.60. The van der Waals surface area contributed by atoms with Crippen LogP contribution in [-0.4, -0.2) is 25.0 Å². The van der Waals surface area contributed by atoms with Crippen molar-refractivity contribution >= 4 is 35.1 Å². The van der Waals surface area contributed by atoms with E-state index in [1.165, 1.54) is 12.1 Å². The molecule has 0 radical (unpaired) electrons. The Kier molecular flexibility index (Phi) is 7.10. The first kappa shape index (κ1) is 19.1. The van der Waals surface area contributed by atoms with E-state index < -0.39 is 11.9 Å². The Balaban J connectivity index is 1.86. The molecule has 2 aromatic rings. The summed E-state index contributed by atoms with van der Waals surface area (Å²) in [6.07, 6.45) is 0. The lowest BCUT2D eigenvalue weighted by Gasteiger charge is -2.11. The molecular formula is C18H17Cl2NO4. The van der Waals surface area contributed by atoms with E-state index in [9.17, 15) is 9.59 Å². The van der Waals surface area contributed by atoms with Crippen LogP contribution in [0.15, 0.2) is 42.5 Å². The smallest absolute Gasteiger partial charge is 0.325 e. The van der Waals surface area contributed by atoms with E-state index in [2.05, 4.69) is 5.32 Å². The zero-order valence-corrected chi connectivity index (χ0v) is 15.1. The molecule has 2 aromatic carbocycles. The van der Waals surface area contributed by atoms with Crippen molar-refractivity contribution in [2.45, 2.75) is 13.5 Å². The van der Waals surface area contributed by atoms with Gasteiger partial charge in [0.15, 0.2) is 0 Å². The van der Waals surface area contributed by atoms with Crippen molar-refractivity contribution in [1.29, 1.82) is 0 Å². The number of esters is 1. The highest BCUT2D eigenvalue weighted by molar-refractivity contribution is 6.36. The average Bonchev–Trinajstić information content (AvgIpc) is 2.59. The average molecular weight is 382 g/mol. The summed E-state index contributed by atoms with van der Waals surface area (Å²) in [5.41, 5.74) is 0.991. The molecule has 1 amide bonds. The summed E-state index contributed by atoms with van der Waals surface area (Å²) in [6.45, 7) is 2.18. The molecule has 0 heterocycles. The summed E-state index contributed by atoms with van der Waals surface area (Å²) in [7, 11) is 0. The molecule has 0 aromatic heterocycles. The van der Waals surface area contributed by atoms with Gasteiger partial charge >= 0.3 is 5.97 Å². The molecule has 0 fully saturated rings. The Morgan fingerprint density at radius 1 is 1.12 bits per heavy atom. The predicted octanol–water partition coefficient (Wildman–Crippen LogP) is 3.87. The number of hydrogen-bond acceptors (Lipinski definition) is 4. The summed E-state index contributed by atoms with van der Waals surface area (Å²) in [5.74, 6) is -0.382. The number of ether oxygens (including phenoxy) is 2. The molecule has 0 saturated heterocycles. The molecule has 0 saturated carbocycles. The first-order chi connectivity index (χ1) is 12.0. The monoisotopic (exact) mass is 381 g/mol. The zero-order chi connectivity index (χ0) is 18.2. The van der Waals surface area contributed by atoms with Gasteiger partial charge in [-0.3, -0.25) is 9.59 Å². The number of nitrogens with one attached hydrogen (secondary N) is 1. The number of halogens is 2. The Morgan fingerprint density at radius 3 is 2.60 bits per heavy atom. The fourth-order valence-electron chi connectivity index (χ4n) is 2.05. The Bertz CT molecular complexity index is 764. The van der Waals surface area contributed by atoms with Gasteiger partial charge in [-0.15, -0.1) is 0 Å². The molecule has 5 nitrogen and oxygen atoms in total. The lowest BCUT2D eigenvalue weighted by Crippen LogP contribution is -2.30. The van der Waals surface area contributed by atoms with Gasteiger partial charge in [-0.05, 0) is 31.2 Å². The van der Waals surface area contributed by atoms with Gasteiger partial charge in [-0.2, -0.15) is 0 Å². The fraction of sp³-hybridized carbons (Fsp3) is 0.222. The van der Waals surface area contributed by atoms with E-state index in [0.29, 0.717) is 17.4 Å². The SMILES string of the molecule is CCOc1ccccc1COC(=O)CNC(=O)c1ccc(Cl)cc1Cl. The molecule has 0 aliphatic carbocycles. The highest BCUT2D eigenvalue weighted by Crippen LogP contribution is 2.21. The van der Waals surface area contributed by atoms with E-state index in [1.54, 1.807) is 12.1 Å². The van der Waals surface area contributed by atoms with Gasteiger partial charge < -0.3 is 14.8 Å². The van der Waals surface area contributed by atoms with Gasteiger partial charge in [-0.1, -0.05) is 41.4 Å². The van der Waals surface area contributed by atoms with Crippen LogP contribution in [-0.2, 0) is 16.1 Å². The van der Waals surface area contributed by atoms with Gasteiger partial charge in [-0.25, -0.2) is 0 Å². The number of amides is 1. The number of carbonyl (C=O) groups excluding carboxylic acids is 2. The second-order valence-corrected chi connectivity index (χ2v) is 5.85. The summed E-state index contributed by atoms with van der Waals surface area (Å²) < 4.78 is 10.6. The highest BCUT2D eigenvalue weighted by atomic mass is 35.5. The summed E-state index contributed by atoms with van der Waals surface area (Å²) in [5, 5.41) is 3.10. The Hall–Kier alpha value is -2.24. The molecule has 0 atom stereocenters. The van der Waals surface area contributed by atoms with Crippen molar-refractivity contribution in [3.8, 4) is 5.75 Å². The maximum atomic E-state index is 12.0. The van der Waals surface area contributed by atoms with Crippen LogP contribution >= 0.6 is 23.2 Å². The van der Waals surface area contributed by atoms with E-state index in [4.69, 9.17) is 32.7 Å². The lowest BCUT2D eigenvalue weighted by atomic mass is 10.2. The maximum absolute atomic E-state index is 12.0. The minimum absolute atomic E-state index is 0.0621. The summed E-state index contributed by atoms with van der Waals surface area (Å²) >= 11 is 11.7. The molecule has 25 heavy (non-hydrogen) atoms. The highest BCUT2D eigenvalue weighted by Gasteiger charge is 2.13. The Labute approximate surface area is 155 Å². The summed E-state index contributed by atoms with van der Waals surface area (Å²) in [4.78, 5) is 23.9. The molecular weight excluding hydrogens is 365 g/mol. The quantitative estimate of drug-likeness (QED) is 0.739. The van der Waals surface area contributed by atoms with Crippen molar-refractivity contribution in [2.75, 3.05) is 13.2 Å². The van der Waals surface area contributed by atoms with Gasteiger partial charge in [0.25, 0.3) is 5.91 Å². The van der Waals surface area contributed by atoms with Gasteiger partial charge in [0, 0.05) is 10.6 Å². The molecule has 0 unspecified atom stereocenters.